The van der Waals surface area contributed by atoms with Gasteiger partial charge in [-0.2, -0.15) is 0 Å². The Morgan fingerprint density at radius 3 is 2.54 bits per heavy atom. The minimum absolute atomic E-state index is 0. The molecular weight excluding hydrogens is 461 g/mol. The lowest BCUT2D eigenvalue weighted by molar-refractivity contribution is 0.0953. The van der Waals surface area contributed by atoms with Gasteiger partial charge in [-0.3, -0.25) is 4.79 Å². The van der Waals surface area contributed by atoms with Gasteiger partial charge in [0.2, 0.25) is 0 Å². The Morgan fingerprint density at radius 2 is 1.88 bits per heavy atom. The minimum Gasteiger partial charge on any atom is -0.357 e. The fourth-order valence-corrected chi connectivity index (χ4v) is 2.86. The first-order chi connectivity index (χ1) is 12.2. The van der Waals surface area contributed by atoms with Crippen molar-refractivity contribution in [2.24, 2.45) is 4.99 Å². The highest BCUT2D eigenvalue weighted by Crippen LogP contribution is 2.11. The van der Waals surface area contributed by atoms with Gasteiger partial charge in [0.05, 0.1) is 6.54 Å². The van der Waals surface area contributed by atoms with Gasteiger partial charge in [-0.05, 0) is 32.4 Å². The number of hydrogen-bond acceptors (Lipinski definition) is 4. The summed E-state index contributed by atoms with van der Waals surface area (Å²) in [5.41, 5.74) is 0.684. The van der Waals surface area contributed by atoms with Gasteiger partial charge < -0.3 is 16.0 Å². The quantitative estimate of drug-likeness (QED) is 0.232. The van der Waals surface area contributed by atoms with Crippen LogP contribution in [0.3, 0.4) is 0 Å². The number of nitrogens with one attached hydrogen (secondary N) is 3. The lowest BCUT2D eigenvalue weighted by Crippen LogP contribution is -2.38. The first-order valence-electron chi connectivity index (χ1n) is 8.45. The van der Waals surface area contributed by atoms with Gasteiger partial charge in [-0.1, -0.05) is 18.2 Å². The topological polar surface area (TPSA) is 78.4 Å². The molecule has 0 atom stereocenters. The average Bonchev–Trinajstić information content (AvgIpc) is 3.05. The molecule has 0 aliphatic heterocycles. The summed E-state index contributed by atoms with van der Waals surface area (Å²) < 4.78 is 0. The third-order valence-corrected chi connectivity index (χ3v) is 4.25. The molecule has 0 fully saturated rings. The summed E-state index contributed by atoms with van der Waals surface area (Å²) in [6.45, 7) is 6.79. The number of aliphatic imine (C=N–C) groups is 1. The molecule has 142 valence electrons. The number of thiazole rings is 1. The van der Waals surface area contributed by atoms with Crippen molar-refractivity contribution < 1.29 is 4.79 Å². The summed E-state index contributed by atoms with van der Waals surface area (Å²) >= 11 is 1.66. The van der Waals surface area contributed by atoms with Gasteiger partial charge in [0.15, 0.2) is 5.96 Å². The molecule has 0 saturated carbocycles. The van der Waals surface area contributed by atoms with Crippen molar-refractivity contribution in [3.8, 4) is 0 Å². The maximum absolute atomic E-state index is 11.9. The molecule has 0 aliphatic rings. The van der Waals surface area contributed by atoms with Crippen molar-refractivity contribution >= 4 is 47.2 Å². The van der Waals surface area contributed by atoms with Crippen LogP contribution in [0.5, 0.6) is 0 Å². The number of carbonyl (C=O) groups is 1. The predicted octanol–water partition coefficient (Wildman–Crippen LogP) is 2.94. The summed E-state index contributed by atoms with van der Waals surface area (Å²) in [4.78, 5) is 22.0. The molecule has 2 rings (SSSR count). The molecule has 1 aromatic carbocycles. The zero-order valence-electron chi connectivity index (χ0n) is 15.1. The number of halogens is 1. The van der Waals surface area contributed by atoms with Gasteiger partial charge in [-0.15, -0.1) is 35.3 Å². The van der Waals surface area contributed by atoms with E-state index in [1.807, 2.05) is 50.4 Å². The SMILES string of the molecule is CCNC(=NCc1ncc(C)s1)NCCCNC(=O)c1ccccc1.I. The number of hydrogen-bond donors (Lipinski definition) is 3. The second-order valence-corrected chi connectivity index (χ2v) is 6.78. The molecule has 0 unspecified atom stereocenters. The van der Waals surface area contributed by atoms with Gasteiger partial charge >= 0.3 is 0 Å². The van der Waals surface area contributed by atoms with Crippen molar-refractivity contribution in [2.75, 3.05) is 19.6 Å². The molecule has 2 aromatic rings. The van der Waals surface area contributed by atoms with Crippen LogP contribution in [0.2, 0.25) is 0 Å². The van der Waals surface area contributed by atoms with Gasteiger partial charge in [0.25, 0.3) is 5.91 Å². The third-order valence-electron chi connectivity index (χ3n) is 3.35. The highest BCUT2D eigenvalue weighted by molar-refractivity contribution is 14.0. The molecule has 3 N–H and O–H groups in total. The van der Waals surface area contributed by atoms with Gasteiger partial charge in [0, 0.05) is 36.3 Å². The maximum atomic E-state index is 11.9. The molecule has 0 aliphatic carbocycles. The molecule has 0 saturated heterocycles. The van der Waals surface area contributed by atoms with Crippen LogP contribution in [0.4, 0.5) is 0 Å². The number of rotatable bonds is 8. The lowest BCUT2D eigenvalue weighted by atomic mass is 10.2. The average molecular weight is 487 g/mol. The van der Waals surface area contributed by atoms with Crippen molar-refractivity contribution in [1.82, 2.24) is 20.9 Å². The summed E-state index contributed by atoms with van der Waals surface area (Å²) in [6.07, 6.45) is 2.69. The van der Waals surface area contributed by atoms with E-state index in [2.05, 4.69) is 25.9 Å². The van der Waals surface area contributed by atoms with Crippen LogP contribution >= 0.6 is 35.3 Å². The standard InChI is InChI=1S/C18H25N5OS.HI/c1-3-19-18(23-13-16-22-12-14(2)25-16)21-11-7-10-20-17(24)15-8-5-4-6-9-15;/h4-6,8-9,12H,3,7,10-11,13H2,1-2H3,(H,20,24)(H2,19,21,23);1H. The predicted molar refractivity (Wildman–Crippen MR) is 118 cm³/mol. The van der Waals surface area contributed by atoms with E-state index in [-0.39, 0.29) is 29.9 Å². The molecule has 6 nitrogen and oxygen atoms in total. The monoisotopic (exact) mass is 487 g/mol. The number of amides is 1. The first-order valence-corrected chi connectivity index (χ1v) is 9.27. The summed E-state index contributed by atoms with van der Waals surface area (Å²) in [6, 6.07) is 9.24. The summed E-state index contributed by atoms with van der Waals surface area (Å²) in [5.74, 6) is 0.727. The summed E-state index contributed by atoms with van der Waals surface area (Å²) in [5, 5.41) is 10.4. The molecule has 26 heavy (non-hydrogen) atoms. The van der Waals surface area contributed by atoms with E-state index >= 15 is 0 Å². The Balaban J connectivity index is 0.00000338. The van der Waals surface area contributed by atoms with Crippen LogP contribution in [-0.4, -0.2) is 36.5 Å². The number of nitrogens with zero attached hydrogens (tertiary/aromatic N) is 2. The highest BCUT2D eigenvalue weighted by atomic mass is 127. The Hall–Kier alpha value is -1.68. The fraction of sp³-hybridized carbons (Fsp3) is 0.389. The molecule has 0 spiro atoms. The van der Waals surface area contributed by atoms with Crippen LogP contribution in [0.1, 0.15) is 33.6 Å². The van der Waals surface area contributed by atoms with E-state index in [0.29, 0.717) is 18.7 Å². The van der Waals surface area contributed by atoms with Gasteiger partial charge in [0.1, 0.15) is 5.01 Å². The Kier molecular flexibility index (Phi) is 10.9. The molecule has 1 aromatic heterocycles. The normalized spacial score (nSPS) is 10.8. The number of guanidine groups is 1. The number of aromatic nitrogens is 1. The zero-order chi connectivity index (χ0) is 17.9. The minimum atomic E-state index is -0.0414. The van der Waals surface area contributed by atoms with Crippen molar-refractivity contribution in [2.45, 2.75) is 26.8 Å². The summed E-state index contributed by atoms with van der Waals surface area (Å²) in [7, 11) is 0. The number of benzene rings is 1. The molecule has 0 bridgehead atoms. The Bertz CT molecular complexity index is 690. The second kappa shape index (κ2) is 12.6. The zero-order valence-corrected chi connectivity index (χ0v) is 18.3. The van der Waals surface area contributed by atoms with Gasteiger partial charge in [-0.25, -0.2) is 9.98 Å². The highest BCUT2D eigenvalue weighted by Gasteiger charge is 2.03. The third kappa shape index (κ3) is 8.13. The van der Waals surface area contributed by atoms with E-state index in [1.165, 1.54) is 4.88 Å². The van der Waals surface area contributed by atoms with Crippen LogP contribution in [0, 0.1) is 6.92 Å². The van der Waals surface area contributed by atoms with E-state index < -0.39 is 0 Å². The van der Waals surface area contributed by atoms with Crippen molar-refractivity contribution in [3.05, 3.63) is 52.0 Å². The second-order valence-electron chi connectivity index (χ2n) is 5.46. The smallest absolute Gasteiger partial charge is 0.251 e. The number of carbonyl (C=O) groups excluding carboxylic acids is 1. The number of aryl methyl sites for hydroxylation is 1. The maximum Gasteiger partial charge on any atom is 0.251 e. The van der Waals surface area contributed by atoms with Crippen LogP contribution in [0.25, 0.3) is 0 Å². The molecule has 8 heteroatoms. The molecule has 0 radical (unpaired) electrons. The molecular formula is C18H26IN5OS. The van der Waals surface area contributed by atoms with Crippen LogP contribution in [-0.2, 0) is 6.54 Å². The first kappa shape index (κ1) is 22.4. The van der Waals surface area contributed by atoms with E-state index in [9.17, 15) is 4.79 Å². The van der Waals surface area contributed by atoms with Crippen LogP contribution < -0.4 is 16.0 Å². The van der Waals surface area contributed by atoms with Crippen molar-refractivity contribution in [3.63, 3.8) is 0 Å². The van der Waals surface area contributed by atoms with Crippen molar-refractivity contribution in [1.29, 1.82) is 0 Å². The lowest BCUT2D eigenvalue weighted by Gasteiger charge is -2.11. The van der Waals surface area contributed by atoms with E-state index in [0.717, 1.165) is 30.5 Å². The Labute approximate surface area is 175 Å². The fourth-order valence-electron chi connectivity index (χ4n) is 2.15. The van der Waals surface area contributed by atoms with Crippen LogP contribution in [0.15, 0.2) is 41.5 Å². The van der Waals surface area contributed by atoms with E-state index in [1.54, 1.807) is 11.3 Å². The molecule has 1 heterocycles. The largest absolute Gasteiger partial charge is 0.357 e. The molecule has 1 amide bonds. The van der Waals surface area contributed by atoms with E-state index in [4.69, 9.17) is 0 Å². The Morgan fingerprint density at radius 1 is 1.15 bits per heavy atom.